The van der Waals surface area contributed by atoms with Gasteiger partial charge in [0.25, 0.3) is 0 Å². The van der Waals surface area contributed by atoms with Gasteiger partial charge in [-0.3, -0.25) is 9.69 Å². The van der Waals surface area contributed by atoms with Crippen LogP contribution in [-0.2, 0) is 11.3 Å². The van der Waals surface area contributed by atoms with Crippen molar-refractivity contribution < 1.29 is 4.79 Å². The third-order valence-corrected chi connectivity index (χ3v) is 4.73. The molecule has 24 heavy (non-hydrogen) atoms. The van der Waals surface area contributed by atoms with Gasteiger partial charge >= 0.3 is 0 Å². The Morgan fingerprint density at radius 1 is 1.12 bits per heavy atom. The van der Waals surface area contributed by atoms with Crippen molar-refractivity contribution in [3.05, 3.63) is 64.1 Å². The highest BCUT2D eigenvalue weighted by atomic mass is 35.5. The second-order valence-electron chi connectivity index (χ2n) is 6.20. The molecule has 1 heterocycles. The molecule has 1 N–H and O–H groups in total. The molecule has 0 aromatic heterocycles. The molecular formula is C19H20Cl2N2O. The lowest BCUT2D eigenvalue weighted by atomic mass is 9.96. The summed E-state index contributed by atoms with van der Waals surface area (Å²) in [5, 5.41) is 4.35. The summed E-state index contributed by atoms with van der Waals surface area (Å²) in [5.74, 6) is 0.0602. The van der Waals surface area contributed by atoms with Gasteiger partial charge in [0.2, 0.25) is 5.91 Å². The normalized spacial score (nSPS) is 18.3. The minimum atomic E-state index is -0.00286. The van der Waals surface area contributed by atoms with Gasteiger partial charge in [-0.2, -0.15) is 0 Å². The number of nitrogens with zero attached hydrogens (tertiary/aromatic N) is 1. The van der Waals surface area contributed by atoms with E-state index in [4.69, 9.17) is 23.2 Å². The molecule has 0 aliphatic carbocycles. The van der Waals surface area contributed by atoms with Gasteiger partial charge in [-0.15, -0.1) is 0 Å². The number of rotatable bonds is 4. The van der Waals surface area contributed by atoms with Gasteiger partial charge in [0.05, 0.1) is 5.92 Å². The predicted octanol–water partition coefficient (Wildman–Crippen LogP) is 4.84. The van der Waals surface area contributed by atoms with Crippen LogP contribution in [0.25, 0.3) is 0 Å². The number of nitrogens with one attached hydrogen (secondary N) is 1. The summed E-state index contributed by atoms with van der Waals surface area (Å²) in [6.07, 6.45) is 1.94. The lowest BCUT2D eigenvalue weighted by Crippen LogP contribution is -2.40. The van der Waals surface area contributed by atoms with E-state index >= 15 is 0 Å². The average molecular weight is 363 g/mol. The van der Waals surface area contributed by atoms with Crippen molar-refractivity contribution in [2.45, 2.75) is 19.4 Å². The van der Waals surface area contributed by atoms with Gasteiger partial charge in [-0.25, -0.2) is 0 Å². The number of hydrogen-bond donors (Lipinski definition) is 1. The van der Waals surface area contributed by atoms with Crippen LogP contribution in [-0.4, -0.2) is 23.9 Å². The maximum Gasteiger partial charge on any atom is 0.228 e. The van der Waals surface area contributed by atoms with E-state index in [1.165, 1.54) is 5.56 Å². The number of carbonyl (C=O) groups excluding carboxylic acids is 1. The number of likely N-dealkylation sites (tertiary alicyclic amines) is 1. The molecule has 0 spiro atoms. The lowest BCUT2D eigenvalue weighted by Gasteiger charge is -2.32. The Morgan fingerprint density at radius 2 is 1.88 bits per heavy atom. The third kappa shape index (κ3) is 4.73. The van der Waals surface area contributed by atoms with Crippen molar-refractivity contribution in [2.24, 2.45) is 5.92 Å². The van der Waals surface area contributed by atoms with Gasteiger partial charge in [-0.05, 0) is 55.3 Å². The van der Waals surface area contributed by atoms with Crippen LogP contribution < -0.4 is 5.32 Å². The third-order valence-electron chi connectivity index (χ3n) is 4.26. The summed E-state index contributed by atoms with van der Waals surface area (Å²) < 4.78 is 0. The Kier molecular flexibility index (Phi) is 5.77. The van der Waals surface area contributed by atoms with E-state index in [9.17, 15) is 4.79 Å². The minimum Gasteiger partial charge on any atom is -0.326 e. The highest BCUT2D eigenvalue weighted by molar-refractivity contribution is 6.31. The fourth-order valence-electron chi connectivity index (χ4n) is 3.12. The summed E-state index contributed by atoms with van der Waals surface area (Å²) in [4.78, 5) is 14.8. The molecule has 5 heteroatoms. The minimum absolute atomic E-state index is 0.00286. The van der Waals surface area contributed by atoms with Crippen molar-refractivity contribution in [3.63, 3.8) is 0 Å². The summed E-state index contributed by atoms with van der Waals surface area (Å²) in [5.41, 5.74) is 1.93. The standard InChI is InChI=1S/C19H20Cl2N2O/c20-16-6-1-4-14(10-16)12-23-9-3-5-15(13-23)19(24)22-18-8-2-7-17(21)11-18/h1-2,4,6-8,10-11,15H,3,5,9,12-13H2,(H,22,24). The molecule has 0 bridgehead atoms. The molecule has 1 atom stereocenters. The molecule has 2 aromatic carbocycles. The SMILES string of the molecule is O=C(Nc1cccc(Cl)c1)C1CCCN(Cc2cccc(Cl)c2)C1. The summed E-state index contributed by atoms with van der Waals surface area (Å²) in [6.45, 7) is 2.59. The number of amides is 1. The number of piperidine rings is 1. The molecule has 2 aromatic rings. The van der Waals surface area contributed by atoms with E-state index < -0.39 is 0 Å². The summed E-state index contributed by atoms with van der Waals surface area (Å²) >= 11 is 12.0. The lowest BCUT2D eigenvalue weighted by molar-refractivity contribution is -0.121. The highest BCUT2D eigenvalue weighted by Gasteiger charge is 2.25. The molecule has 0 radical (unpaired) electrons. The fourth-order valence-corrected chi connectivity index (χ4v) is 3.52. The van der Waals surface area contributed by atoms with Gasteiger partial charge in [0, 0.05) is 28.8 Å². The largest absolute Gasteiger partial charge is 0.326 e. The molecule has 1 amide bonds. The monoisotopic (exact) mass is 362 g/mol. The summed E-state index contributed by atoms with van der Waals surface area (Å²) in [7, 11) is 0. The topological polar surface area (TPSA) is 32.3 Å². The number of carbonyl (C=O) groups is 1. The number of hydrogen-bond acceptors (Lipinski definition) is 2. The first-order valence-corrected chi connectivity index (χ1v) is 8.89. The molecule has 3 rings (SSSR count). The predicted molar refractivity (Wildman–Crippen MR) is 99.5 cm³/mol. The van der Waals surface area contributed by atoms with E-state index in [0.29, 0.717) is 5.02 Å². The van der Waals surface area contributed by atoms with Gasteiger partial charge in [-0.1, -0.05) is 41.4 Å². The van der Waals surface area contributed by atoms with Crippen molar-refractivity contribution >= 4 is 34.8 Å². The van der Waals surface area contributed by atoms with Gasteiger partial charge < -0.3 is 5.32 Å². The zero-order valence-corrected chi connectivity index (χ0v) is 14.9. The van der Waals surface area contributed by atoms with Crippen LogP contribution in [0.1, 0.15) is 18.4 Å². The molecular weight excluding hydrogens is 343 g/mol. The molecule has 1 aliphatic heterocycles. The van der Waals surface area contributed by atoms with Crippen molar-refractivity contribution in [2.75, 3.05) is 18.4 Å². The second-order valence-corrected chi connectivity index (χ2v) is 7.08. The number of benzene rings is 2. The van der Waals surface area contributed by atoms with E-state index in [1.807, 2.05) is 30.3 Å². The van der Waals surface area contributed by atoms with E-state index in [1.54, 1.807) is 12.1 Å². The Bertz CT molecular complexity index is 720. The molecule has 1 aliphatic rings. The van der Waals surface area contributed by atoms with E-state index in [0.717, 1.165) is 43.2 Å². The molecule has 0 saturated carbocycles. The molecule has 1 fully saturated rings. The van der Waals surface area contributed by atoms with Crippen LogP contribution in [0, 0.1) is 5.92 Å². The molecule has 1 unspecified atom stereocenters. The average Bonchev–Trinajstić information content (AvgIpc) is 2.55. The Labute approximate surface area is 152 Å². The zero-order valence-electron chi connectivity index (χ0n) is 13.3. The number of halogens is 2. The van der Waals surface area contributed by atoms with Crippen LogP contribution in [0.15, 0.2) is 48.5 Å². The number of anilines is 1. The zero-order chi connectivity index (χ0) is 16.9. The first-order valence-electron chi connectivity index (χ1n) is 8.13. The highest BCUT2D eigenvalue weighted by Crippen LogP contribution is 2.22. The summed E-state index contributed by atoms with van der Waals surface area (Å²) in [6, 6.07) is 15.2. The van der Waals surface area contributed by atoms with Crippen LogP contribution in [0.3, 0.4) is 0 Å². The van der Waals surface area contributed by atoms with Crippen LogP contribution in [0.5, 0.6) is 0 Å². The first kappa shape index (κ1) is 17.3. The van der Waals surface area contributed by atoms with E-state index in [-0.39, 0.29) is 11.8 Å². The van der Waals surface area contributed by atoms with Crippen LogP contribution in [0.4, 0.5) is 5.69 Å². The second kappa shape index (κ2) is 8.02. The van der Waals surface area contributed by atoms with Crippen LogP contribution >= 0.6 is 23.2 Å². The van der Waals surface area contributed by atoms with Crippen molar-refractivity contribution in [3.8, 4) is 0 Å². The Balaban J connectivity index is 1.59. The Morgan fingerprint density at radius 3 is 2.62 bits per heavy atom. The Hall–Kier alpha value is -1.55. The maximum atomic E-state index is 12.5. The molecule has 126 valence electrons. The smallest absolute Gasteiger partial charge is 0.228 e. The van der Waals surface area contributed by atoms with Crippen molar-refractivity contribution in [1.82, 2.24) is 4.90 Å². The van der Waals surface area contributed by atoms with Crippen LogP contribution in [0.2, 0.25) is 10.0 Å². The fraction of sp³-hybridized carbons (Fsp3) is 0.316. The van der Waals surface area contributed by atoms with Gasteiger partial charge in [0.1, 0.15) is 0 Å². The first-order chi connectivity index (χ1) is 11.6. The van der Waals surface area contributed by atoms with E-state index in [2.05, 4.69) is 16.3 Å². The molecule has 3 nitrogen and oxygen atoms in total. The van der Waals surface area contributed by atoms with Gasteiger partial charge in [0.15, 0.2) is 0 Å². The van der Waals surface area contributed by atoms with Crippen molar-refractivity contribution in [1.29, 1.82) is 0 Å². The quantitative estimate of drug-likeness (QED) is 0.843. The molecule has 1 saturated heterocycles. The maximum absolute atomic E-state index is 12.5.